The summed E-state index contributed by atoms with van der Waals surface area (Å²) in [5.41, 5.74) is 4.25. The van der Waals surface area contributed by atoms with Gasteiger partial charge < -0.3 is 14.7 Å². The first-order chi connectivity index (χ1) is 15.0. The van der Waals surface area contributed by atoms with E-state index in [1.807, 2.05) is 26.0 Å². The van der Waals surface area contributed by atoms with Crippen LogP contribution in [-0.2, 0) is 11.0 Å². The molecule has 32 heavy (non-hydrogen) atoms. The molecule has 2 N–H and O–H groups in total. The molecular formula is C25H26FO5P. The lowest BCUT2D eigenvalue weighted by atomic mass is 9.93. The Hall–Kier alpha value is -2.95. The molecule has 1 atom stereocenters. The summed E-state index contributed by atoms with van der Waals surface area (Å²) in [6, 6.07) is 8.53. The predicted molar refractivity (Wildman–Crippen MR) is 123 cm³/mol. The van der Waals surface area contributed by atoms with Crippen LogP contribution in [0.2, 0.25) is 0 Å². The van der Waals surface area contributed by atoms with Crippen molar-refractivity contribution in [2.45, 2.75) is 26.7 Å². The molecule has 3 rings (SSSR count). The highest BCUT2D eigenvalue weighted by molar-refractivity contribution is 7.56. The summed E-state index contributed by atoms with van der Waals surface area (Å²) in [5, 5.41) is 10.3. The van der Waals surface area contributed by atoms with Crippen molar-refractivity contribution in [3.63, 3.8) is 0 Å². The highest BCUT2D eigenvalue weighted by Crippen LogP contribution is 2.36. The Labute approximate surface area is 187 Å². The minimum Gasteiger partial charge on any atom is -0.507 e. The van der Waals surface area contributed by atoms with Crippen LogP contribution in [-0.4, -0.2) is 28.8 Å². The van der Waals surface area contributed by atoms with Crippen LogP contribution < -0.4 is 4.74 Å². The molecule has 168 valence electrons. The van der Waals surface area contributed by atoms with E-state index in [0.29, 0.717) is 24.2 Å². The minimum absolute atomic E-state index is 0.129. The van der Waals surface area contributed by atoms with Gasteiger partial charge >= 0.3 is 0 Å². The summed E-state index contributed by atoms with van der Waals surface area (Å²) < 4.78 is 30.4. The van der Waals surface area contributed by atoms with Crippen molar-refractivity contribution in [3.8, 4) is 11.5 Å². The predicted octanol–water partition coefficient (Wildman–Crippen LogP) is 5.76. The molecule has 0 saturated heterocycles. The normalized spacial score (nSPS) is 15.4. The number of ketones is 1. The maximum atomic E-state index is 13.4. The Morgan fingerprint density at radius 1 is 1.12 bits per heavy atom. The minimum atomic E-state index is -3.28. The lowest BCUT2D eigenvalue weighted by Gasteiger charge is -2.15. The maximum Gasteiger partial charge on any atom is 0.233 e. The van der Waals surface area contributed by atoms with E-state index >= 15 is 0 Å². The third kappa shape index (κ3) is 6.06. The molecule has 0 heterocycles. The molecule has 1 aliphatic rings. The quantitative estimate of drug-likeness (QED) is 0.409. The fourth-order valence-electron chi connectivity index (χ4n) is 3.52. The average Bonchev–Trinajstić information content (AvgIpc) is 2.94. The Morgan fingerprint density at radius 3 is 2.47 bits per heavy atom. The lowest BCUT2D eigenvalue weighted by molar-refractivity contribution is 0.103. The fraction of sp³-hybridized carbons (Fsp3) is 0.240. The van der Waals surface area contributed by atoms with E-state index in [4.69, 9.17) is 4.74 Å². The standard InChI is InChI=1S/C25H26FO5P/c1-16-11-21(31-15-32(3,29)30)12-17(2)22(16)13-18-7-10-24(27)23(14-18)25(28)19-5-4-6-20(26)9-8-19/h5-12,14,27H,4,13,15H2,1-3H3,(H,29,30). The van der Waals surface area contributed by atoms with Crippen LogP contribution in [0, 0.1) is 13.8 Å². The van der Waals surface area contributed by atoms with Crippen molar-refractivity contribution in [3.05, 3.63) is 93.9 Å². The molecule has 1 aliphatic carbocycles. The summed E-state index contributed by atoms with van der Waals surface area (Å²) in [5.74, 6) is -0.375. The molecular weight excluding hydrogens is 430 g/mol. The first kappa shape index (κ1) is 23.7. The zero-order chi connectivity index (χ0) is 23.5. The Bertz CT molecular complexity index is 1160. The van der Waals surface area contributed by atoms with Crippen molar-refractivity contribution in [1.82, 2.24) is 0 Å². The number of aromatic hydroxyl groups is 1. The number of aryl methyl sites for hydroxylation is 2. The number of Topliss-reactive ketones (excluding diaryl/α,β-unsaturated/α-hetero) is 1. The fourth-order valence-corrected chi connectivity index (χ4v) is 3.91. The Kier molecular flexibility index (Phi) is 7.17. The van der Waals surface area contributed by atoms with Gasteiger partial charge in [0.15, 0.2) is 12.1 Å². The largest absolute Gasteiger partial charge is 0.507 e. The van der Waals surface area contributed by atoms with E-state index in [0.717, 1.165) is 22.3 Å². The van der Waals surface area contributed by atoms with Crippen molar-refractivity contribution < 1.29 is 28.5 Å². The van der Waals surface area contributed by atoms with Crippen LogP contribution in [0.5, 0.6) is 11.5 Å². The van der Waals surface area contributed by atoms with E-state index in [2.05, 4.69) is 0 Å². The summed E-state index contributed by atoms with van der Waals surface area (Å²) in [6.07, 6.45) is 6.24. The second-order valence-electron chi connectivity index (χ2n) is 8.03. The molecule has 0 aliphatic heterocycles. The third-order valence-electron chi connectivity index (χ3n) is 5.16. The highest BCUT2D eigenvalue weighted by Gasteiger charge is 2.17. The monoisotopic (exact) mass is 456 g/mol. The van der Waals surface area contributed by atoms with Crippen molar-refractivity contribution in [1.29, 1.82) is 0 Å². The van der Waals surface area contributed by atoms with Crippen molar-refractivity contribution in [2.75, 3.05) is 13.0 Å². The van der Waals surface area contributed by atoms with E-state index in [1.54, 1.807) is 18.2 Å². The number of rotatable bonds is 7. The van der Waals surface area contributed by atoms with Gasteiger partial charge in [-0.05, 0) is 91.4 Å². The smallest absolute Gasteiger partial charge is 0.233 e. The SMILES string of the molecule is Cc1cc(OCP(C)(=O)O)cc(C)c1Cc1ccc(O)c(C(=O)C2=CCC=C(F)C=C2)c1. The van der Waals surface area contributed by atoms with Gasteiger partial charge in [0, 0.05) is 12.2 Å². The van der Waals surface area contributed by atoms with Gasteiger partial charge in [0.05, 0.1) is 5.56 Å². The molecule has 0 fully saturated rings. The molecule has 0 aromatic heterocycles. The number of carbonyl (C=O) groups excluding carboxylic acids is 1. The zero-order valence-electron chi connectivity index (χ0n) is 18.3. The van der Waals surface area contributed by atoms with Crippen molar-refractivity contribution >= 4 is 13.2 Å². The summed E-state index contributed by atoms with van der Waals surface area (Å²) in [7, 11) is -3.28. The van der Waals surface area contributed by atoms with E-state index in [9.17, 15) is 23.7 Å². The number of benzene rings is 2. The number of hydrogen-bond acceptors (Lipinski definition) is 4. The molecule has 0 saturated carbocycles. The lowest BCUT2D eigenvalue weighted by Crippen LogP contribution is -2.04. The van der Waals surface area contributed by atoms with E-state index < -0.39 is 13.2 Å². The Balaban J connectivity index is 1.85. The highest BCUT2D eigenvalue weighted by atomic mass is 31.2. The molecule has 0 radical (unpaired) electrons. The van der Waals surface area contributed by atoms with Gasteiger partial charge in [0.1, 0.15) is 17.3 Å². The van der Waals surface area contributed by atoms with Gasteiger partial charge in [-0.25, -0.2) is 4.39 Å². The number of hydrogen-bond donors (Lipinski definition) is 2. The Morgan fingerprint density at radius 2 is 1.81 bits per heavy atom. The number of phenolic OH excluding ortho intramolecular Hbond substituents is 1. The summed E-state index contributed by atoms with van der Waals surface area (Å²) in [4.78, 5) is 22.4. The molecule has 2 aromatic rings. The van der Waals surface area contributed by atoms with Gasteiger partial charge in [-0.2, -0.15) is 0 Å². The first-order valence-electron chi connectivity index (χ1n) is 10.2. The third-order valence-corrected chi connectivity index (χ3v) is 5.77. The number of halogens is 1. The maximum absolute atomic E-state index is 13.4. The van der Waals surface area contributed by atoms with Crippen LogP contribution in [0.1, 0.15) is 39.0 Å². The van der Waals surface area contributed by atoms with Gasteiger partial charge in [0.2, 0.25) is 7.37 Å². The second-order valence-corrected chi connectivity index (χ2v) is 10.4. The van der Waals surface area contributed by atoms with Crippen molar-refractivity contribution in [2.24, 2.45) is 0 Å². The van der Waals surface area contributed by atoms with E-state index in [-0.39, 0.29) is 23.4 Å². The van der Waals surface area contributed by atoms with Gasteiger partial charge in [-0.15, -0.1) is 0 Å². The summed E-state index contributed by atoms with van der Waals surface area (Å²) in [6.45, 7) is 5.10. The second kappa shape index (κ2) is 9.68. The van der Waals surface area contributed by atoms with Crippen LogP contribution >= 0.6 is 7.37 Å². The van der Waals surface area contributed by atoms with Crippen LogP contribution in [0.3, 0.4) is 0 Å². The number of phenols is 1. The average molecular weight is 456 g/mol. The van der Waals surface area contributed by atoms with Gasteiger partial charge in [-0.3, -0.25) is 9.36 Å². The van der Waals surface area contributed by atoms with Crippen LogP contribution in [0.4, 0.5) is 4.39 Å². The van der Waals surface area contributed by atoms with Crippen LogP contribution in [0.25, 0.3) is 0 Å². The topological polar surface area (TPSA) is 83.8 Å². The first-order valence-corrected chi connectivity index (χ1v) is 12.5. The van der Waals surface area contributed by atoms with E-state index in [1.165, 1.54) is 31.0 Å². The molecule has 0 bridgehead atoms. The number of allylic oxidation sites excluding steroid dienone is 6. The molecule has 0 amide bonds. The zero-order valence-corrected chi connectivity index (χ0v) is 19.2. The summed E-state index contributed by atoms with van der Waals surface area (Å²) >= 11 is 0. The molecule has 1 unspecified atom stereocenters. The molecule has 5 nitrogen and oxygen atoms in total. The number of ether oxygens (including phenoxy) is 1. The number of carbonyl (C=O) groups is 1. The van der Waals surface area contributed by atoms with Crippen LogP contribution in [0.15, 0.2) is 66.0 Å². The molecule has 2 aromatic carbocycles. The molecule has 0 spiro atoms. The molecule has 7 heteroatoms. The van der Waals surface area contributed by atoms with Gasteiger partial charge in [0.25, 0.3) is 0 Å². The van der Waals surface area contributed by atoms with Gasteiger partial charge in [-0.1, -0.05) is 12.1 Å².